The van der Waals surface area contributed by atoms with E-state index in [0.29, 0.717) is 0 Å². The Morgan fingerprint density at radius 2 is 1.92 bits per heavy atom. The van der Waals surface area contributed by atoms with Gasteiger partial charge in [-0.15, -0.1) is 0 Å². The van der Waals surface area contributed by atoms with E-state index >= 15 is 0 Å². The molecule has 0 unspecified atom stereocenters. The fourth-order valence-electron chi connectivity index (χ4n) is 1.38. The minimum atomic E-state index is -0.0637. The van der Waals surface area contributed by atoms with E-state index in [4.69, 9.17) is 9.47 Å². The minimum absolute atomic E-state index is 0.0637. The van der Waals surface area contributed by atoms with Crippen molar-refractivity contribution in [1.29, 1.82) is 0 Å². The summed E-state index contributed by atoms with van der Waals surface area (Å²) in [5, 5.41) is 0. The SMILES string of the molecule is CCCCCC/C=C/C1OCCO1. The molecule has 0 saturated carbocycles. The fraction of sp³-hybridized carbons (Fsp3) is 0.818. The van der Waals surface area contributed by atoms with Crippen molar-refractivity contribution in [1.82, 2.24) is 0 Å². The van der Waals surface area contributed by atoms with Gasteiger partial charge in [0.2, 0.25) is 0 Å². The normalized spacial score (nSPS) is 18.8. The summed E-state index contributed by atoms with van der Waals surface area (Å²) in [5.74, 6) is 0. The van der Waals surface area contributed by atoms with Crippen molar-refractivity contribution >= 4 is 0 Å². The van der Waals surface area contributed by atoms with Crippen LogP contribution in [0.3, 0.4) is 0 Å². The van der Waals surface area contributed by atoms with Gasteiger partial charge in [-0.3, -0.25) is 0 Å². The zero-order valence-corrected chi connectivity index (χ0v) is 8.50. The van der Waals surface area contributed by atoms with Crippen molar-refractivity contribution in [2.75, 3.05) is 13.2 Å². The Labute approximate surface area is 80.9 Å². The van der Waals surface area contributed by atoms with Gasteiger partial charge in [-0.1, -0.05) is 32.3 Å². The Kier molecular flexibility index (Phi) is 5.87. The molecule has 0 radical (unpaired) electrons. The first kappa shape index (κ1) is 10.7. The summed E-state index contributed by atoms with van der Waals surface area (Å²) in [6.45, 7) is 3.71. The lowest BCUT2D eigenvalue weighted by atomic mass is 10.1. The van der Waals surface area contributed by atoms with Gasteiger partial charge >= 0.3 is 0 Å². The summed E-state index contributed by atoms with van der Waals surface area (Å²) < 4.78 is 10.5. The predicted molar refractivity (Wildman–Crippen MR) is 53.6 cm³/mol. The standard InChI is InChI=1S/C11H20O2/c1-2-3-4-5-6-7-8-11-12-9-10-13-11/h7-8,11H,2-6,9-10H2,1H3/b8-7+. The number of hydrogen-bond acceptors (Lipinski definition) is 2. The molecule has 1 saturated heterocycles. The molecule has 0 spiro atoms. The Balaban J connectivity index is 1.91. The van der Waals surface area contributed by atoms with E-state index in [1.807, 2.05) is 6.08 Å². The molecule has 0 amide bonds. The van der Waals surface area contributed by atoms with E-state index in [-0.39, 0.29) is 6.29 Å². The smallest absolute Gasteiger partial charge is 0.177 e. The largest absolute Gasteiger partial charge is 0.347 e. The Hall–Kier alpha value is -0.340. The molecule has 0 atom stereocenters. The van der Waals surface area contributed by atoms with Gasteiger partial charge in [-0.2, -0.15) is 0 Å². The van der Waals surface area contributed by atoms with Crippen LogP contribution in [0, 0.1) is 0 Å². The van der Waals surface area contributed by atoms with Crippen LogP contribution in [0.5, 0.6) is 0 Å². The Morgan fingerprint density at radius 3 is 2.62 bits per heavy atom. The second-order valence-corrected chi connectivity index (χ2v) is 3.39. The predicted octanol–water partition coefficient (Wildman–Crippen LogP) is 2.89. The average Bonchev–Trinajstić information content (AvgIpc) is 2.63. The second-order valence-electron chi connectivity index (χ2n) is 3.39. The highest BCUT2D eigenvalue weighted by Gasteiger charge is 2.10. The first-order chi connectivity index (χ1) is 6.43. The highest BCUT2D eigenvalue weighted by Crippen LogP contribution is 2.07. The van der Waals surface area contributed by atoms with Crippen molar-refractivity contribution in [2.24, 2.45) is 0 Å². The first-order valence-corrected chi connectivity index (χ1v) is 5.33. The maximum Gasteiger partial charge on any atom is 0.177 e. The summed E-state index contributed by atoms with van der Waals surface area (Å²) in [5.41, 5.74) is 0. The topological polar surface area (TPSA) is 18.5 Å². The van der Waals surface area contributed by atoms with E-state index in [2.05, 4.69) is 13.0 Å². The number of ether oxygens (including phenoxy) is 2. The van der Waals surface area contributed by atoms with Gasteiger partial charge in [0.05, 0.1) is 13.2 Å². The van der Waals surface area contributed by atoms with Gasteiger partial charge < -0.3 is 9.47 Å². The fourth-order valence-corrected chi connectivity index (χ4v) is 1.38. The third-order valence-corrected chi connectivity index (χ3v) is 2.17. The molecule has 0 aromatic carbocycles. The molecule has 1 rings (SSSR count). The van der Waals surface area contributed by atoms with Crippen LogP contribution >= 0.6 is 0 Å². The second kappa shape index (κ2) is 7.10. The number of unbranched alkanes of at least 4 members (excludes halogenated alkanes) is 4. The molecule has 0 aliphatic carbocycles. The van der Waals surface area contributed by atoms with E-state index in [9.17, 15) is 0 Å². The van der Waals surface area contributed by atoms with Crippen molar-refractivity contribution < 1.29 is 9.47 Å². The minimum Gasteiger partial charge on any atom is -0.347 e. The summed E-state index contributed by atoms with van der Waals surface area (Å²) in [6.07, 6.45) is 10.6. The lowest BCUT2D eigenvalue weighted by Gasteiger charge is -2.01. The van der Waals surface area contributed by atoms with Crippen LogP contribution in [-0.2, 0) is 9.47 Å². The van der Waals surface area contributed by atoms with Crippen molar-refractivity contribution in [3.63, 3.8) is 0 Å². The Bertz CT molecular complexity index is 137. The van der Waals surface area contributed by atoms with Gasteiger partial charge in [-0.25, -0.2) is 0 Å². The summed E-state index contributed by atoms with van der Waals surface area (Å²) in [4.78, 5) is 0. The zero-order valence-electron chi connectivity index (χ0n) is 8.50. The molecule has 1 heterocycles. The molecular weight excluding hydrogens is 164 g/mol. The number of hydrogen-bond donors (Lipinski definition) is 0. The molecule has 0 N–H and O–H groups in total. The van der Waals surface area contributed by atoms with E-state index in [0.717, 1.165) is 19.6 Å². The molecule has 0 aromatic rings. The molecule has 1 fully saturated rings. The van der Waals surface area contributed by atoms with Crippen LogP contribution in [0.25, 0.3) is 0 Å². The lowest BCUT2D eigenvalue weighted by molar-refractivity contribution is -0.00173. The first-order valence-electron chi connectivity index (χ1n) is 5.33. The molecule has 2 heteroatoms. The molecule has 0 bridgehead atoms. The van der Waals surface area contributed by atoms with Crippen molar-refractivity contribution in [2.45, 2.75) is 45.3 Å². The lowest BCUT2D eigenvalue weighted by Crippen LogP contribution is -2.01. The molecule has 2 nitrogen and oxygen atoms in total. The van der Waals surface area contributed by atoms with Gasteiger partial charge in [0.15, 0.2) is 6.29 Å². The zero-order chi connectivity index (χ0) is 9.36. The van der Waals surface area contributed by atoms with E-state index < -0.39 is 0 Å². The molecule has 1 aliphatic heterocycles. The molecule has 1 aliphatic rings. The Morgan fingerprint density at radius 1 is 1.15 bits per heavy atom. The van der Waals surface area contributed by atoms with Gasteiger partial charge in [0, 0.05) is 0 Å². The van der Waals surface area contributed by atoms with E-state index in [1.54, 1.807) is 0 Å². The maximum absolute atomic E-state index is 5.27. The number of rotatable bonds is 6. The third-order valence-electron chi connectivity index (χ3n) is 2.17. The monoisotopic (exact) mass is 184 g/mol. The van der Waals surface area contributed by atoms with Crippen LogP contribution in [0.2, 0.25) is 0 Å². The van der Waals surface area contributed by atoms with Gasteiger partial charge in [0.1, 0.15) is 0 Å². The summed E-state index contributed by atoms with van der Waals surface area (Å²) in [6, 6.07) is 0. The highest BCUT2D eigenvalue weighted by molar-refractivity contribution is 4.86. The number of allylic oxidation sites excluding steroid dienone is 1. The molecule has 13 heavy (non-hydrogen) atoms. The molecule has 76 valence electrons. The van der Waals surface area contributed by atoms with Crippen LogP contribution in [0.4, 0.5) is 0 Å². The van der Waals surface area contributed by atoms with Gasteiger partial charge in [0.25, 0.3) is 0 Å². The average molecular weight is 184 g/mol. The maximum atomic E-state index is 5.27. The summed E-state index contributed by atoms with van der Waals surface area (Å²) in [7, 11) is 0. The molecule has 0 aromatic heterocycles. The van der Waals surface area contributed by atoms with Gasteiger partial charge in [-0.05, 0) is 18.9 Å². The molecular formula is C11H20O2. The third kappa shape index (κ3) is 5.06. The summed E-state index contributed by atoms with van der Waals surface area (Å²) >= 11 is 0. The quantitative estimate of drug-likeness (QED) is 0.467. The van der Waals surface area contributed by atoms with E-state index in [1.165, 1.54) is 25.7 Å². The van der Waals surface area contributed by atoms with Crippen LogP contribution < -0.4 is 0 Å². The van der Waals surface area contributed by atoms with Crippen LogP contribution in [-0.4, -0.2) is 19.5 Å². The van der Waals surface area contributed by atoms with Crippen LogP contribution in [0.1, 0.15) is 39.0 Å². The van der Waals surface area contributed by atoms with Crippen molar-refractivity contribution in [3.8, 4) is 0 Å². The van der Waals surface area contributed by atoms with Crippen molar-refractivity contribution in [3.05, 3.63) is 12.2 Å². The highest BCUT2D eigenvalue weighted by atomic mass is 16.7. The van der Waals surface area contributed by atoms with Crippen LogP contribution in [0.15, 0.2) is 12.2 Å².